The van der Waals surface area contributed by atoms with Crippen molar-refractivity contribution in [1.82, 2.24) is 9.88 Å². The van der Waals surface area contributed by atoms with E-state index in [1.807, 2.05) is 0 Å². The van der Waals surface area contributed by atoms with Crippen LogP contribution in [0.2, 0.25) is 0 Å². The Morgan fingerprint density at radius 1 is 1.24 bits per heavy atom. The molecule has 0 atom stereocenters. The fourth-order valence-corrected chi connectivity index (χ4v) is 3.13. The third kappa shape index (κ3) is 2.41. The van der Waals surface area contributed by atoms with Crippen LogP contribution in [-0.2, 0) is 4.79 Å². The smallest absolute Gasteiger partial charge is 0.306 e. The largest absolute Gasteiger partial charge is 0.481 e. The Hall–Kier alpha value is -2.24. The van der Waals surface area contributed by atoms with E-state index >= 15 is 0 Å². The lowest BCUT2D eigenvalue weighted by atomic mass is 9.82. The summed E-state index contributed by atoms with van der Waals surface area (Å²) in [4.78, 5) is 40.6. The van der Waals surface area contributed by atoms with Crippen molar-refractivity contribution in [2.45, 2.75) is 25.7 Å². The average Bonchev–Trinajstić information content (AvgIpc) is 2.73. The van der Waals surface area contributed by atoms with Crippen LogP contribution in [0, 0.1) is 11.8 Å². The second-order valence-electron chi connectivity index (χ2n) is 5.68. The van der Waals surface area contributed by atoms with Crippen molar-refractivity contribution in [2.75, 3.05) is 6.54 Å². The standard InChI is InChI=1S/C15H16N2O4/c18-13-11-2-1-7-16-12(11)14(19)17(13)8-9-3-5-10(6-4-9)15(20)21/h1-2,7,9-10H,3-6,8H2,(H,20,21). The topological polar surface area (TPSA) is 87.6 Å². The minimum Gasteiger partial charge on any atom is -0.481 e. The van der Waals surface area contributed by atoms with Crippen molar-refractivity contribution < 1.29 is 19.5 Å². The van der Waals surface area contributed by atoms with Crippen LogP contribution in [0.3, 0.4) is 0 Å². The molecule has 3 rings (SSSR count). The molecule has 1 aromatic rings. The van der Waals surface area contributed by atoms with Gasteiger partial charge in [-0.2, -0.15) is 0 Å². The zero-order valence-electron chi connectivity index (χ0n) is 11.5. The third-order valence-electron chi connectivity index (χ3n) is 4.37. The van der Waals surface area contributed by atoms with E-state index in [2.05, 4.69) is 4.98 Å². The Balaban J connectivity index is 1.67. The van der Waals surface area contributed by atoms with Gasteiger partial charge < -0.3 is 5.11 Å². The molecule has 1 N–H and O–H groups in total. The first-order chi connectivity index (χ1) is 10.1. The number of aromatic nitrogens is 1. The van der Waals surface area contributed by atoms with Crippen LogP contribution < -0.4 is 0 Å². The highest BCUT2D eigenvalue weighted by Crippen LogP contribution is 2.31. The second kappa shape index (κ2) is 5.27. The molecule has 110 valence electrons. The van der Waals surface area contributed by atoms with Gasteiger partial charge in [-0.05, 0) is 43.7 Å². The number of nitrogens with zero attached hydrogens (tertiary/aromatic N) is 2. The van der Waals surface area contributed by atoms with Gasteiger partial charge in [-0.25, -0.2) is 0 Å². The van der Waals surface area contributed by atoms with E-state index in [9.17, 15) is 14.4 Å². The number of hydrogen-bond acceptors (Lipinski definition) is 4. The molecule has 0 saturated heterocycles. The molecule has 0 spiro atoms. The predicted molar refractivity (Wildman–Crippen MR) is 72.7 cm³/mol. The Bertz CT molecular complexity index is 570. The minimum absolute atomic E-state index is 0.183. The SMILES string of the molecule is O=C(O)C1CCC(CN2C(=O)c3cccnc3C2=O)CC1. The molecule has 1 aliphatic heterocycles. The first-order valence-corrected chi connectivity index (χ1v) is 7.12. The Morgan fingerprint density at radius 2 is 1.95 bits per heavy atom. The molecule has 0 bridgehead atoms. The van der Waals surface area contributed by atoms with Crippen LogP contribution in [0.15, 0.2) is 18.3 Å². The highest BCUT2D eigenvalue weighted by molar-refractivity contribution is 6.20. The molecule has 1 aromatic heterocycles. The molecule has 21 heavy (non-hydrogen) atoms. The Labute approximate surface area is 121 Å². The molecule has 1 aliphatic carbocycles. The summed E-state index contributed by atoms with van der Waals surface area (Å²) in [5.74, 6) is -1.48. The number of carboxylic acids is 1. The van der Waals surface area contributed by atoms with Gasteiger partial charge in [-0.1, -0.05) is 0 Å². The third-order valence-corrected chi connectivity index (χ3v) is 4.37. The lowest BCUT2D eigenvalue weighted by Crippen LogP contribution is -2.36. The number of amides is 2. The van der Waals surface area contributed by atoms with Crippen molar-refractivity contribution in [3.05, 3.63) is 29.6 Å². The highest BCUT2D eigenvalue weighted by atomic mass is 16.4. The van der Waals surface area contributed by atoms with Crippen LogP contribution in [0.25, 0.3) is 0 Å². The summed E-state index contributed by atoms with van der Waals surface area (Å²) in [5, 5.41) is 8.98. The van der Waals surface area contributed by atoms with E-state index in [4.69, 9.17) is 5.11 Å². The van der Waals surface area contributed by atoms with E-state index < -0.39 is 5.97 Å². The first kappa shape index (κ1) is 13.7. The van der Waals surface area contributed by atoms with Gasteiger partial charge in [0, 0.05) is 12.7 Å². The number of hydrogen-bond donors (Lipinski definition) is 1. The predicted octanol–water partition coefficient (Wildman–Crippen LogP) is 1.57. The maximum atomic E-state index is 12.2. The van der Waals surface area contributed by atoms with Gasteiger partial charge in [0.25, 0.3) is 11.8 Å². The number of carbonyl (C=O) groups is 3. The van der Waals surface area contributed by atoms with Crippen molar-refractivity contribution in [1.29, 1.82) is 0 Å². The van der Waals surface area contributed by atoms with Gasteiger partial charge in [0.05, 0.1) is 11.5 Å². The summed E-state index contributed by atoms with van der Waals surface area (Å²) in [6.07, 6.45) is 4.20. The molecule has 6 heteroatoms. The normalized spacial score (nSPS) is 25.0. The summed E-state index contributed by atoms with van der Waals surface area (Å²) in [7, 11) is 0. The molecular weight excluding hydrogens is 272 g/mol. The molecule has 1 saturated carbocycles. The Kier molecular flexibility index (Phi) is 3.45. The average molecular weight is 288 g/mol. The van der Waals surface area contributed by atoms with Gasteiger partial charge in [0.2, 0.25) is 0 Å². The maximum Gasteiger partial charge on any atom is 0.306 e. The molecule has 2 amide bonds. The van der Waals surface area contributed by atoms with Crippen molar-refractivity contribution >= 4 is 17.8 Å². The number of carboxylic acid groups (broad SMARTS) is 1. The van der Waals surface area contributed by atoms with Gasteiger partial charge >= 0.3 is 5.97 Å². The molecule has 0 radical (unpaired) electrons. The quantitative estimate of drug-likeness (QED) is 0.853. The van der Waals surface area contributed by atoms with E-state index in [0.29, 0.717) is 24.9 Å². The zero-order valence-corrected chi connectivity index (χ0v) is 11.5. The number of imide groups is 1. The summed E-state index contributed by atoms with van der Waals surface area (Å²) >= 11 is 0. The Morgan fingerprint density at radius 3 is 2.57 bits per heavy atom. The molecule has 0 unspecified atom stereocenters. The maximum absolute atomic E-state index is 12.2. The zero-order chi connectivity index (χ0) is 15.0. The summed E-state index contributed by atoms with van der Waals surface area (Å²) in [6.45, 7) is 0.361. The fraction of sp³-hybridized carbons (Fsp3) is 0.467. The first-order valence-electron chi connectivity index (χ1n) is 7.12. The summed E-state index contributed by atoms with van der Waals surface area (Å²) in [6, 6.07) is 3.26. The molecule has 2 aliphatic rings. The van der Waals surface area contributed by atoms with Crippen molar-refractivity contribution in [3.63, 3.8) is 0 Å². The van der Waals surface area contributed by atoms with Gasteiger partial charge in [0.15, 0.2) is 0 Å². The lowest BCUT2D eigenvalue weighted by molar-refractivity contribution is -0.143. The monoisotopic (exact) mass is 288 g/mol. The van der Waals surface area contributed by atoms with Gasteiger partial charge in [-0.3, -0.25) is 24.3 Å². The van der Waals surface area contributed by atoms with E-state index in [-0.39, 0.29) is 29.3 Å². The molecule has 6 nitrogen and oxygen atoms in total. The molecule has 1 fully saturated rings. The molecular formula is C15H16N2O4. The van der Waals surface area contributed by atoms with E-state index in [1.54, 1.807) is 12.1 Å². The number of rotatable bonds is 3. The number of aliphatic carboxylic acids is 1. The summed E-state index contributed by atoms with van der Waals surface area (Å²) in [5.41, 5.74) is 0.587. The van der Waals surface area contributed by atoms with Crippen LogP contribution in [0.4, 0.5) is 0 Å². The second-order valence-corrected chi connectivity index (χ2v) is 5.68. The summed E-state index contributed by atoms with van der Waals surface area (Å²) < 4.78 is 0. The fourth-order valence-electron chi connectivity index (χ4n) is 3.13. The lowest BCUT2D eigenvalue weighted by Gasteiger charge is -2.28. The van der Waals surface area contributed by atoms with Crippen LogP contribution in [0.1, 0.15) is 46.5 Å². The van der Waals surface area contributed by atoms with Crippen molar-refractivity contribution in [3.8, 4) is 0 Å². The molecule has 0 aromatic carbocycles. The number of fused-ring (bicyclic) bond motifs is 1. The van der Waals surface area contributed by atoms with Crippen LogP contribution in [0.5, 0.6) is 0 Å². The van der Waals surface area contributed by atoms with E-state index in [0.717, 1.165) is 12.8 Å². The van der Waals surface area contributed by atoms with Gasteiger partial charge in [0.1, 0.15) is 5.69 Å². The number of pyridine rings is 1. The van der Waals surface area contributed by atoms with Crippen LogP contribution in [-0.4, -0.2) is 39.3 Å². The van der Waals surface area contributed by atoms with E-state index in [1.165, 1.54) is 11.1 Å². The highest BCUT2D eigenvalue weighted by Gasteiger charge is 2.38. The van der Waals surface area contributed by atoms with Gasteiger partial charge in [-0.15, -0.1) is 0 Å². The van der Waals surface area contributed by atoms with Crippen LogP contribution >= 0.6 is 0 Å². The minimum atomic E-state index is -0.751. The van der Waals surface area contributed by atoms with Crippen molar-refractivity contribution in [2.24, 2.45) is 11.8 Å². The molecule has 2 heterocycles. The number of carbonyl (C=O) groups excluding carboxylic acids is 2.